The molecule has 2 amide bonds. The minimum atomic E-state index is -4.19. The molecule has 1 aliphatic heterocycles. The molecule has 1 saturated heterocycles. The number of amides is 2. The van der Waals surface area contributed by atoms with Crippen LogP contribution in [-0.2, 0) is 19.6 Å². The molecule has 0 bridgehead atoms. The predicted molar refractivity (Wildman–Crippen MR) is 107 cm³/mol. The summed E-state index contributed by atoms with van der Waals surface area (Å²) in [6, 6.07) is 8.62. The summed E-state index contributed by atoms with van der Waals surface area (Å²) in [5.74, 6) is -0.727. The molecule has 0 aromatic heterocycles. The molecule has 3 rings (SSSR count). The summed E-state index contributed by atoms with van der Waals surface area (Å²) >= 11 is 12.1. The van der Waals surface area contributed by atoms with Crippen molar-refractivity contribution in [3.05, 3.63) is 46.4 Å². The number of para-hydroxylation sites is 1. The number of ether oxygens (including phenoxy) is 1. The van der Waals surface area contributed by atoms with Crippen LogP contribution in [0, 0.1) is 0 Å². The van der Waals surface area contributed by atoms with Crippen molar-refractivity contribution in [3.8, 4) is 5.75 Å². The van der Waals surface area contributed by atoms with Crippen molar-refractivity contribution in [2.75, 3.05) is 16.7 Å². The van der Waals surface area contributed by atoms with Crippen molar-refractivity contribution in [1.29, 1.82) is 0 Å². The lowest BCUT2D eigenvalue weighted by Gasteiger charge is -2.25. The van der Waals surface area contributed by atoms with Crippen LogP contribution < -0.4 is 14.4 Å². The SMILES string of the molecule is COc1ccc(N2C(=O)CCCC2=O)cc1S(=O)(=O)Nc1c(Cl)cccc1Cl. The Balaban J connectivity index is 2.07. The van der Waals surface area contributed by atoms with Gasteiger partial charge in [0.25, 0.3) is 10.0 Å². The molecule has 2 aromatic rings. The number of piperidine rings is 1. The number of imide groups is 1. The van der Waals surface area contributed by atoms with Crippen molar-refractivity contribution in [2.24, 2.45) is 0 Å². The average molecular weight is 443 g/mol. The fourth-order valence-corrected chi connectivity index (χ4v) is 4.74. The fraction of sp³-hybridized carbons (Fsp3) is 0.222. The van der Waals surface area contributed by atoms with E-state index in [-0.39, 0.29) is 56.7 Å². The van der Waals surface area contributed by atoms with Gasteiger partial charge in [0.2, 0.25) is 11.8 Å². The molecule has 0 aliphatic carbocycles. The Morgan fingerprint density at radius 1 is 1.04 bits per heavy atom. The molecule has 1 heterocycles. The third-order valence-corrected chi connectivity index (χ3v) is 6.18. The lowest BCUT2D eigenvalue weighted by Crippen LogP contribution is -2.40. The number of benzene rings is 2. The van der Waals surface area contributed by atoms with Crippen LogP contribution in [0.3, 0.4) is 0 Å². The lowest BCUT2D eigenvalue weighted by atomic mass is 10.1. The quantitative estimate of drug-likeness (QED) is 0.709. The largest absolute Gasteiger partial charge is 0.495 e. The number of carbonyl (C=O) groups is 2. The zero-order valence-corrected chi connectivity index (χ0v) is 17.1. The number of nitrogens with zero attached hydrogens (tertiary/aromatic N) is 1. The van der Waals surface area contributed by atoms with E-state index in [0.717, 1.165) is 4.90 Å². The van der Waals surface area contributed by atoms with Crippen LogP contribution >= 0.6 is 23.2 Å². The van der Waals surface area contributed by atoms with Crippen LogP contribution in [0.1, 0.15) is 19.3 Å². The van der Waals surface area contributed by atoms with Gasteiger partial charge in [-0.25, -0.2) is 8.42 Å². The van der Waals surface area contributed by atoms with Crippen molar-refractivity contribution in [3.63, 3.8) is 0 Å². The first-order valence-electron chi connectivity index (χ1n) is 8.25. The highest BCUT2D eigenvalue weighted by Gasteiger charge is 2.30. The second kappa shape index (κ2) is 7.98. The van der Waals surface area contributed by atoms with Crippen LogP contribution in [0.4, 0.5) is 11.4 Å². The Morgan fingerprint density at radius 2 is 1.64 bits per heavy atom. The molecular formula is C18H16Cl2N2O5S. The van der Waals surface area contributed by atoms with Crippen molar-refractivity contribution >= 4 is 56.4 Å². The van der Waals surface area contributed by atoms with Crippen molar-refractivity contribution in [1.82, 2.24) is 0 Å². The van der Waals surface area contributed by atoms with E-state index in [4.69, 9.17) is 27.9 Å². The maximum absolute atomic E-state index is 13.0. The number of halogens is 2. The van der Waals surface area contributed by atoms with E-state index in [1.54, 1.807) is 6.07 Å². The molecule has 7 nitrogen and oxygen atoms in total. The third-order valence-electron chi connectivity index (χ3n) is 4.17. The highest BCUT2D eigenvalue weighted by Crippen LogP contribution is 2.35. The number of carbonyl (C=O) groups excluding carboxylic acids is 2. The molecule has 2 aromatic carbocycles. The maximum atomic E-state index is 13.0. The second-order valence-electron chi connectivity index (χ2n) is 6.01. The van der Waals surface area contributed by atoms with Crippen LogP contribution in [0.25, 0.3) is 0 Å². The Morgan fingerprint density at radius 3 is 2.21 bits per heavy atom. The zero-order chi connectivity index (χ0) is 20.5. The van der Waals surface area contributed by atoms with E-state index >= 15 is 0 Å². The van der Waals surface area contributed by atoms with Gasteiger partial charge in [0.1, 0.15) is 10.6 Å². The van der Waals surface area contributed by atoms with Gasteiger partial charge < -0.3 is 4.74 Å². The summed E-state index contributed by atoms with van der Waals surface area (Å²) in [6.45, 7) is 0. The smallest absolute Gasteiger partial charge is 0.265 e. The minimum Gasteiger partial charge on any atom is -0.495 e. The highest BCUT2D eigenvalue weighted by molar-refractivity contribution is 7.92. The Bertz CT molecular complexity index is 1020. The van der Waals surface area contributed by atoms with E-state index < -0.39 is 10.0 Å². The minimum absolute atomic E-state index is 0.0171. The van der Waals surface area contributed by atoms with Gasteiger partial charge in [-0.05, 0) is 36.8 Å². The number of methoxy groups -OCH3 is 1. The topological polar surface area (TPSA) is 92.8 Å². The van der Waals surface area contributed by atoms with Gasteiger partial charge in [0.05, 0.1) is 28.5 Å². The molecular weight excluding hydrogens is 427 g/mol. The van der Waals surface area contributed by atoms with Crippen LogP contribution in [0.2, 0.25) is 10.0 Å². The van der Waals surface area contributed by atoms with Crippen LogP contribution in [-0.4, -0.2) is 27.3 Å². The molecule has 1 fully saturated rings. The summed E-state index contributed by atoms with van der Waals surface area (Å²) < 4.78 is 33.5. The van der Waals surface area contributed by atoms with E-state index in [1.807, 2.05) is 0 Å². The monoisotopic (exact) mass is 442 g/mol. The third kappa shape index (κ3) is 3.94. The van der Waals surface area contributed by atoms with Gasteiger partial charge in [-0.2, -0.15) is 0 Å². The van der Waals surface area contributed by atoms with Gasteiger partial charge in [0, 0.05) is 12.8 Å². The molecule has 1 aliphatic rings. The number of hydrogen-bond acceptors (Lipinski definition) is 5. The molecule has 0 unspecified atom stereocenters. The Kier molecular flexibility index (Phi) is 5.83. The number of sulfonamides is 1. The van der Waals surface area contributed by atoms with Crippen LogP contribution in [0.15, 0.2) is 41.3 Å². The van der Waals surface area contributed by atoms with Gasteiger partial charge in [0.15, 0.2) is 0 Å². The van der Waals surface area contributed by atoms with E-state index in [1.165, 1.54) is 37.4 Å². The molecule has 0 radical (unpaired) electrons. The number of rotatable bonds is 5. The van der Waals surface area contributed by atoms with E-state index in [2.05, 4.69) is 4.72 Å². The van der Waals surface area contributed by atoms with Crippen LogP contribution in [0.5, 0.6) is 5.75 Å². The van der Waals surface area contributed by atoms with Crippen molar-refractivity contribution in [2.45, 2.75) is 24.2 Å². The number of anilines is 2. The fourth-order valence-electron chi connectivity index (χ4n) is 2.84. The van der Waals surface area contributed by atoms with Gasteiger partial charge in [-0.1, -0.05) is 29.3 Å². The molecule has 10 heteroatoms. The Hall–Kier alpha value is -2.29. The first-order chi connectivity index (χ1) is 13.2. The molecule has 0 spiro atoms. The first kappa shape index (κ1) is 20.4. The Labute approximate surface area is 172 Å². The summed E-state index contributed by atoms with van der Waals surface area (Å²) in [4.78, 5) is 25.1. The van der Waals surface area contributed by atoms with Gasteiger partial charge in [-0.15, -0.1) is 0 Å². The first-order valence-corrected chi connectivity index (χ1v) is 10.5. The maximum Gasteiger partial charge on any atom is 0.265 e. The second-order valence-corrected chi connectivity index (χ2v) is 8.48. The van der Waals surface area contributed by atoms with Gasteiger partial charge >= 0.3 is 0 Å². The molecule has 0 atom stereocenters. The normalized spacial score (nSPS) is 14.9. The standard InChI is InChI=1S/C18H16Cl2N2O5S/c1-27-14-9-8-11(22-16(23)6-3-7-17(22)24)10-15(14)28(25,26)21-18-12(19)4-2-5-13(18)20/h2,4-5,8-10,21H,3,6-7H2,1H3. The number of nitrogens with one attached hydrogen (secondary N) is 1. The van der Waals surface area contributed by atoms with Gasteiger partial charge in [-0.3, -0.25) is 19.2 Å². The highest BCUT2D eigenvalue weighted by atomic mass is 35.5. The van der Waals surface area contributed by atoms with E-state index in [9.17, 15) is 18.0 Å². The zero-order valence-electron chi connectivity index (χ0n) is 14.7. The average Bonchev–Trinajstić information content (AvgIpc) is 2.64. The summed E-state index contributed by atoms with van der Waals surface area (Å²) in [5.41, 5.74) is 0.171. The molecule has 28 heavy (non-hydrogen) atoms. The molecule has 1 N–H and O–H groups in total. The summed E-state index contributed by atoms with van der Waals surface area (Å²) in [6.07, 6.45) is 0.905. The van der Waals surface area contributed by atoms with Crippen molar-refractivity contribution < 1.29 is 22.7 Å². The summed E-state index contributed by atoms with van der Waals surface area (Å²) in [5, 5.41) is 0.236. The predicted octanol–water partition coefficient (Wildman–Crippen LogP) is 3.85. The number of hydrogen-bond donors (Lipinski definition) is 1. The molecule has 0 saturated carbocycles. The summed E-state index contributed by atoms with van der Waals surface area (Å²) in [7, 11) is -2.88. The van der Waals surface area contributed by atoms with E-state index in [0.29, 0.717) is 6.42 Å². The lowest BCUT2D eigenvalue weighted by molar-refractivity contribution is -0.129. The molecule has 148 valence electrons.